The number of benzene rings is 2. The molecule has 0 aliphatic carbocycles. The van der Waals surface area contributed by atoms with Crippen LogP contribution in [-0.2, 0) is 11.2 Å². The van der Waals surface area contributed by atoms with Crippen molar-refractivity contribution < 1.29 is 9.32 Å². The second-order valence-electron chi connectivity index (χ2n) is 6.95. The van der Waals surface area contributed by atoms with Gasteiger partial charge in [-0.3, -0.25) is 4.79 Å². The van der Waals surface area contributed by atoms with E-state index in [9.17, 15) is 4.79 Å². The molecule has 154 valence electrons. The molecule has 0 spiro atoms. The first kappa shape index (κ1) is 20.6. The van der Waals surface area contributed by atoms with Crippen molar-refractivity contribution in [3.8, 4) is 11.4 Å². The van der Waals surface area contributed by atoms with Gasteiger partial charge in [0.1, 0.15) is 0 Å². The highest BCUT2D eigenvalue weighted by Crippen LogP contribution is 2.29. The minimum absolute atomic E-state index is 0.0372. The average molecular weight is 439 g/mol. The van der Waals surface area contributed by atoms with Gasteiger partial charge < -0.3 is 9.84 Å². The average Bonchev–Trinajstić information content (AvgIpc) is 3.38. The minimum atomic E-state index is -0.0708. The van der Waals surface area contributed by atoms with Crippen LogP contribution < -0.4 is 5.32 Å². The summed E-state index contributed by atoms with van der Waals surface area (Å²) in [5.41, 5.74) is 1.95. The van der Waals surface area contributed by atoms with E-state index in [4.69, 9.17) is 4.52 Å². The topological polar surface area (TPSA) is 80.9 Å². The standard InChI is InChI=1S/C22H22N4O2S2/c1-15(14-20-25-21(26-28-20)16-8-3-2-4-9-16)23-19(27)12-7-13-29-22-24-17-10-5-6-11-18(17)30-22/h2-6,8-11,15H,7,12-14H2,1H3,(H,23,27). The molecule has 8 heteroatoms. The van der Waals surface area contributed by atoms with Crippen molar-refractivity contribution in [2.45, 2.75) is 36.6 Å². The van der Waals surface area contributed by atoms with Crippen LogP contribution in [0.5, 0.6) is 0 Å². The Morgan fingerprint density at radius 2 is 1.93 bits per heavy atom. The number of hydrogen-bond donors (Lipinski definition) is 1. The minimum Gasteiger partial charge on any atom is -0.353 e. The molecule has 1 unspecified atom stereocenters. The van der Waals surface area contributed by atoms with Gasteiger partial charge in [-0.2, -0.15) is 4.98 Å². The van der Waals surface area contributed by atoms with E-state index in [1.807, 2.05) is 55.5 Å². The van der Waals surface area contributed by atoms with Crippen LogP contribution in [0.1, 0.15) is 25.7 Å². The van der Waals surface area contributed by atoms with Crippen LogP contribution >= 0.6 is 23.1 Å². The fourth-order valence-corrected chi connectivity index (χ4v) is 5.09. The number of fused-ring (bicyclic) bond motifs is 1. The summed E-state index contributed by atoms with van der Waals surface area (Å²) in [6.45, 7) is 1.94. The zero-order valence-electron chi connectivity index (χ0n) is 16.6. The molecule has 0 fully saturated rings. The quantitative estimate of drug-likeness (QED) is 0.294. The largest absolute Gasteiger partial charge is 0.353 e. The van der Waals surface area contributed by atoms with E-state index >= 15 is 0 Å². The van der Waals surface area contributed by atoms with E-state index in [0.29, 0.717) is 24.6 Å². The number of hydrogen-bond acceptors (Lipinski definition) is 7. The van der Waals surface area contributed by atoms with Crippen LogP contribution in [0.25, 0.3) is 21.6 Å². The lowest BCUT2D eigenvalue weighted by Crippen LogP contribution is -2.34. The molecule has 4 rings (SSSR count). The molecule has 4 aromatic rings. The van der Waals surface area contributed by atoms with Gasteiger partial charge in [0.05, 0.1) is 10.2 Å². The summed E-state index contributed by atoms with van der Waals surface area (Å²) in [4.78, 5) is 21.2. The molecular weight excluding hydrogens is 416 g/mol. The molecule has 0 radical (unpaired) electrons. The van der Waals surface area contributed by atoms with Gasteiger partial charge in [-0.15, -0.1) is 11.3 Å². The Hall–Kier alpha value is -2.71. The molecule has 30 heavy (non-hydrogen) atoms. The summed E-state index contributed by atoms with van der Waals surface area (Å²) in [7, 11) is 0. The number of para-hydroxylation sites is 1. The SMILES string of the molecule is CC(Cc1nc(-c2ccccc2)no1)NC(=O)CCCSc1nc2ccccc2s1. The van der Waals surface area contributed by atoms with E-state index in [0.717, 1.165) is 27.6 Å². The predicted molar refractivity (Wildman–Crippen MR) is 121 cm³/mol. The number of nitrogens with one attached hydrogen (secondary N) is 1. The second-order valence-corrected chi connectivity index (χ2v) is 9.32. The van der Waals surface area contributed by atoms with Crippen LogP contribution in [0, 0.1) is 0 Å². The van der Waals surface area contributed by atoms with Gasteiger partial charge in [0.2, 0.25) is 17.6 Å². The fourth-order valence-electron chi connectivity index (χ4n) is 3.01. The van der Waals surface area contributed by atoms with Gasteiger partial charge in [-0.05, 0) is 25.5 Å². The first-order chi connectivity index (χ1) is 14.7. The van der Waals surface area contributed by atoms with Gasteiger partial charge in [0.15, 0.2) is 4.34 Å². The van der Waals surface area contributed by atoms with E-state index in [2.05, 4.69) is 26.5 Å². The molecular formula is C22H22N4O2S2. The molecule has 0 aliphatic heterocycles. The van der Waals surface area contributed by atoms with Gasteiger partial charge in [0, 0.05) is 30.2 Å². The summed E-state index contributed by atoms with van der Waals surface area (Å²) in [5.74, 6) is 1.99. The number of rotatable bonds is 9. The predicted octanol–water partition coefficient (Wildman–Crippen LogP) is 4.97. The van der Waals surface area contributed by atoms with Crippen molar-refractivity contribution >= 4 is 39.2 Å². The monoisotopic (exact) mass is 438 g/mol. The Balaban J connectivity index is 1.18. The highest BCUT2D eigenvalue weighted by molar-refractivity contribution is 8.01. The van der Waals surface area contributed by atoms with E-state index in [1.165, 1.54) is 4.70 Å². The lowest BCUT2D eigenvalue weighted by atomic mass is 10.2. The molecule has 0 saturated heterocycles. The molecule has 0 saturated carbocycles. The summed E-state index contributed by atoms with van der Waals surface area (Å²) < 4.78 is 7.57. The van der Waals surface area contributed by atoms with Crippen LogP contribution in [0.15, 0.2) is 63.5 Å². The molecule has 1 amide bonds. The maximum Gasteiger partial charge on any atom is 0.229 e. The zero-order chi connectivity index (χ0) is 20.8. The molecule has 0 bridgehead atoms. The van der Waals surface area contributed by atoms with Crippen LogP contribution in [0.2, 0.25) is 0 Å². The van der Waals surface area contributed by atoms with Gasteiger partial charge in [-0.1, -0.05) is 59.4 Å². The normalized spacial score (nSPS) is 12.2. The number of carbonyl (C=O) groups is 1. The number of thioether (sulfide) groups is 1. The highest BCUT2D eigenvalue weighted by atomic mass is 32.2. The molecule has 2 aromatic heterocycles. The molecule has 0 aliphatic rings. The fraction of sp³-hybridized carbons (Fsp3) is 0.273. The number of thiazole rings is 1. The number of aromatic nitrogens is 3. The second kappa shape index (κ2) is 9.86. The Kier molecular flexibility index (Phi) is 6.76. The van der Waals surface area contributed by atoms with Gasteiger partial charge in [0.25, 0.3) is 0 Å². The number of carbonyl (C=O) groups excluding carboxylic acids is 1. The molecule has 6 nitrogen and oxygen atoms in total. The third-order valence-electron chi connectivity index (χ3n) is 4.44. The summed E-state index contributed by atoms with van der Waals surface area (Å²) in [6.07, 6.45) is 1.80. The Bertz CT molecular complexity index is 1080. The first-order valence-corrected chi connectivity index (χ1v) is 11.6. The van der Waals surface area contributed by atoms with Crippen molar-refractivity contribution in [3.63, 3.8) is 0 Å². The van der Waals surface area contributed by atoms with Crippen LogP contribution in [0.3, 0.4) is 0 Å². The molecule has 2 aromatic carbocycles. The molecule has 1 N–H and O–H groups in total. The first-order valence-electron chi connectivity index (χ1n) is 9.83. The Labute approximate surface area is 183 Å². The summed E-state index contributed by atoms with van der Waals surface area (Å²) in [5, 5.41) is 7.03. The van der Waals surface area contributed by atoms with Crippen molar-refractivity contribution in [2.75, 3.05) is 5.75 Å². The van der Waals surface area contributed by atoms with Crippen LogP contribution in [-0.4, -0.2) is 32.8 Å². The molecule has 1 atom stereocenters. The smallest absolute Gasteiger partial charge is 0.229 e. The van der Waals surface area contributed by atoms with Gasteiger partial charge >= 0.3 is 0 Å². The Morgan fingerprint density at radius 3 is 2.77 bits per heavy atom. The van der Waals surface area contributed by atoms with E-state index in [1.54, 1.807) is 23.1 Å². The van der Waals surface area contributed by atoms with Crippen molar-refractivity contribution in [1.29, 1.82) is 0 Å². The number of nitrogens with zero attached hydrogens (tertiary/aromatic N) is 3. The van der Waals surface area contributed by atoms with Gasteiger partial charge in [-0.25, -0.2) is 4.98 Å². The van der Waals surface area contributed by atoms with Crippen LogP contribution in [0.4, 0.5) is 0 Å². The van der Waals surface area contributed by atoms with Crippen molar-refractivity contribution in [2.24, 2.45) is 0 Å². The summed E-state index contributed by atoms with van der Waals surface area (Å²) >= 11 is 3.40. The van der Waals surface area contributed by atoms with E-state index in [-0.39, 0.29) is 11.9 Å². The lowest BCUT2D eigenvalue weighted by molar-refractivity contribution is -0.121. The van der Waals surface area contributed by atoms with Crippen molar-refractivity contribution in [1.82, 2.24) is 20.4 Å². The highest BCUT2D eigenvalue weighted by Gasteiger charge is 2.14. The number of amides is 1. The summed E-state index contributed by atoms with van der Waals surface area (Å²) in [6, 6.07) is 17.7. The third kappa shape index (κ3) is 5.46. The maximum absolute atomic E-state index is 12.2. The van der Waals surface area contributed by atoms with E-state index < -0.39 is 0 Å². The Morgan fingerprint density at radius 1 is 1.13 bits per heavy atom. The molecule has 2 heterocycles. The zero-order valence-corrected chi connectivity index (χ0v) is 18.2. The maximum atomic E-state index is 12.2. The van der Waals surface area contributed by atoms with Crippen molar-refractivity contribution in [3.05, 3.63) is 60.5 Å². The lowest BCUT2D eigenvalue weighted by Gasteiger charge is -2.11. The third-order valence-corrected chi connectivity index (χ3v) is 6.70.